The SMILES string of the molecule is CC(=O)Cc1ccc(N)c2c1CCCC2=O. The van der Waals surface area contributed by atoms with Gasteiger partial charge in [0.05, 0.1) is 0 Å². The van der Waals surface area contributed by atoms with E-state index in [-0.39, 0.29) is 11.6 Å². The molecule has 0 bridgehead atoms. The van der Waals surface area contributed by atoms with Crippen LogP contribution in [0.4, 0.5) is 5.69 Å². The Morgan fingerprint density at radius 3 is 2.81 bits per heavy atom. The number of ketones is 2. The first kappa shape index (κ1) is 10.9. The van der Waals surface area contributed by atoms with Crippen LogP contribution in [-0.2, 0) is 17.6 Å². The molecule has 3 heteroatoms. The molecule has 1 aromatic rings. The molecule has 0 amide bonds. The first-order chi connectivity index (χ1) is 7.59. The van der Waals surface area contributed by atoms with Gasteiger partial charge in [-0.2, -0.15) is 0 Å². The highest BCUT2D eigenvalue weighted by Gasteiger charge is 2.22. The smallest absolute Gasteiger partial charge is 0.165 e. The fourth-order valence-corrected chi connectivity index (χ4v) is 2.31. The van der Waals surface area contributed by atoms with Gasteiger partial charge in [-0.15, -0.1) is 0 Å². The van der Waals surface area contributed by atoms with Crippen LogP contribution in [0.1, 0.15) is 41.3 Å². The summed E-state index contributed by atoms with van der Waals surface area (Å²) < 4.78 is 0. The summed E-state index contributed by atoms with van der Waals surface area (Å²) >= 11 is 0. The van der Waals surface area contributed by atoms with E-state index in [1.165, 1.54) is 0 Å². The van der Waals surface area contributed by atoms with E-state index in [1.807, 2.05) is 6.07 Å². The molecule has 1 aromatic carbocycles. The molecule has 1 aliphatic carbocycles. The molecular weight excluding hydrogens is 202 g/mol. The molecule has 0 saturated heterocycles. The molecule has 0 spiro atoms. The molecular formula is C13H15NO2. The first-order valence-electron chi connectivity index (χ1n) is 5.52. The van der Waals surface area contributed by atoms with Gasteiger partial charge in [0, 0.05) is 24.1 Å². The van der Waals surface area contributed by atoms with Crippen LogP contribution in [0.15, 0.2) is 12.1 Å². The molecule has 0 radical (unpaired) electrons. The Morgan fingerprint density at radius 2 is 2.12 bits per heavy atom. The summed E-state index contributed by atoms with van der Waals surface area (Å²) in [6.07, 6.45) is 2.69. The third kappa shape index (κ3) is 1.85. The predicted molar refractivity (Wildman–Crippen MR) is 62.5 cm³/mol. The van der Waals surface area contributed by atoms with Crippen LogP contribution in [0.5, 0.6) is 0 Å². The molecule has 0 atom stereocenters. The number of hydrogen-bond acceptors (Lipinski definition) is 3. The first-order valence-corrected chi connectivity index (χ1v) is 5.52. The van der Waals surface area contributed by atoms with E-state index in [0.29, 0.717) is 24.1 Å². The average molecular weight is 217 g/mol. The number of benzene rings is 1. The highest BCUT2D eigenvalue weighted by Crippen LogP contribution is 2.29. The summed E-state index contributed by atoms with van der Waals surface area (Å²) in [4.78, 5) is 22.9. The number of carbonyl (C=O) groups excluding carboxylic acids is 2. The van der Waals surface area contributed by atoms with Gasteiger partial charge in [0.1, 0.15) is 5.78 Å². The maximum atomic E-state index is 11.8. The second kappa shape index (κ2) is 4.08. The minimum Gasteiger partial charge on any atom is -0.398 e. The maximum absolute atomic E-state index is 11.8. The maximum Gasteiger partial charge on any atom is 0.165 e. The summed E-state index contributed by atoms with van der Waals surface area (Å²) in [6, 6.07) is 3.61. The van der Waals surface area contributed by atoms with Crippen LogP contribution in [0.2, 0.25) is 0 Å². The van der Waals surface area contributed by atoms with Crippen molar-refractivity contribution in [3.63, 3.8) is 0 Å². The lowest BCUT2D eigenvalue weighted by atomic mass is 9.85. The lowest BCUT2D eigenvalue weighted by molar-refractivity contribution is -0.116. The number of rotatable bonds is 2. The summed E-state index contributed by atoms with van der Waals surface area (Å²) in [7, 11) is 0. The van der Waals surface area contributed by atoms with E-state index in [4.69, 9.17) is 5.73 Å². The normalized spacial score (nSPS) is 14.7. The minimum atomic E-state index is 0.115. The lowest BCUT2D eigenvalue weighted by Gasteiger charge is -2.19. The number of nitrogen functional groups attached to an aromatic ring is 1. The van der Waals surface area contributed by atoms with Gasteiger partial charge < -0.3 is 5.73 Å². The zero-order valence-corrected chi connectivity index (χ0v) is 9.38. The third-order valence-corrected chi connectivity index (χ3v) is 2.99. The topological polar surface area (TPSA) is 60.2 Å². The predicted octanol–water partition coefficient (Wildman–Crippen LogP) is 1.92. The summed E-state index contributed by atoms with van der Waals surface area (Å²) in [5, 5.41) is 0. The van der Waals surface area contributed by atoms with Gasteiger partial charge >= 0.3 is 0 Å². The van der Waals surface area contributed by atoms with Crippen LogP contribution in [0.3, 0.4) is 0 Å². The van der Waals surface area contributed by atoms with Gasteiger partial charge in [0.25, 0.3) is 0 Å². The number of nitrogens with two attached hydrogens (primary N) is 1. The summed E-state index contributed by atoms with van der Waals surface area (Å²) in [6.45, 7) is 1.56. The Morgan fingerprint density at radius 1 is 1.38 bits per heavy atom. The number of carbonyl (C=O) groups is 2. The van der Waals surface area contributed by atoms with Gasteiger partial charge in [0.15, 0.2) is 5.78 Å². The van der Waals surface area contributed by atoms with Crippen molar-refractivity contribution in [1.29, 1.82) is 0 Å². The van der Waals surface area contributed by atoms with Crippen molar-refractivity contribution < 1.29 is 9.59 Å². The summed E-state index contributed by atoms with van der Waals surface area (Å²) in [5.74, 6) is 0.231. The zero-order valence-electron chi connectivity index (χ0n) is 9.38. The molecule has 0 unspecified atom stereocenters. The van der Waals surface area contributed by atoms with Crippen molar-refractivity contribution in [2.45, 2.75) is 32.6 Å². The van der Waals surface area contributed by atoms with E-state index < -0.39 is 0 Å². The average Bonchev–Trinajstić information content (AvgIpc) is 2.22. The molecule has 0 aromatic heterocycles. The number of hydrogen-bond donors (Lipinski definition) is 1. The molecule has 2 rings (SSSR count). The van der Waals surface area contributed by atoms with Crippen molar-refractivity contribution in [2.24, 2.45) is 0 Å². The monoisotopic (exact) mass is 217 g/mol. The van der Waals surface area contributed by atoms with E-state index >= 15 is 0 Å². The van der Waals surface area contributed by atoms with Gasteiger partial charge in [-0.1, -0.05) is 6.07 Å². The fraction of sp³-hybridized carbons (Fsp3) is 0.385. The van der Waals surface area contributed by atoms with Crippen LogP contribution in [0, 0.1) is 0 Å². The third-order valence-electron chi connectivity index (χ3n) is 2.99. The van der Waals surface area contributed by atoms with E-state index in [0.717, 1.165) is 24.0 Å². The van der Waals surface area contributed by atoms with Crippen LogP contribution in [0.25, 0.3) is 0 Å². The molecule has 2 N–H and O–H groups in total. The highest BCUT2D eigenvalue weighted by molar-refractivity contribution is 6.03. The Labute approximate surface area is 94.6 Å². The van der Waals surface area contributed by atoms with Gasteiger partial charge in [-0.05, 0) is 37.0 Å². The Kier molecular flexibility index (Phi) is 2.77. The minimum absolute atomic E-state index is 0.115. The molecule has 0 heterocycles. The van der Waals surface area contributed by atoms with E-state index in [2.05, 4.69) is 0 Å². The van der Waals surface area contributed by atoms with Crippen molar-refractivity contribution in [1.82, 2.24) is 0 Å². The molecule has 84 valence electrons. The van der Waals surface area contributed by atoms with Gasteiger partial charge in [-0.3, -0.25) is 9.59 Å². The quantitative estimate of drug-likeness (QED) is 0.770. The second-order valence-corrected chi connectivity index (χ2v) is 4.32. The molecule has 0 saturated carbocycles. The van der Waals surface area contributed by atoms with Crippen molar-refractivity contribution >= 4 is 17.3 Å². The standard InChI is InChI=1S/C13H15NO2/c1-8(15)7-9-5-6-11(14)13-10(9)3-2-4-12(13)16/h5-6H,2-4,7,14H2,1H3. The molecule has 16 heavy (non-hydrogen) atoms. The molecule has 3 nitrogen and oxygen atoms in total. The molecule has 0 aliphatic heterocycles. The number of anilines is 1. The lowest BCUT2D eigenvalue weighted by Crippen LogP contribution is -2.16. The number of fused-ring (bicyclic) bond motifs is 1. The molecule has 0 fully saturated rings. The zero-order chi connectivity index (χ0) is 11.7. The van der Waals surface area contributed by atoms with Crippen LogP contribution >= 0.6 is 0 Å². The largest absolute Gasteiger partial charge is 0.398 e. The van der Waals surface area contributed by atoms with E-state index in [1.54, 1.807) is 13.0 Å². The van der Waals surface area contributed by atoms with Crippen molar-refractivity contribution in [2.75, 3.05) is 5.73 Å². The Hall–Kier alpha value is -1.64. The van der Waals surface area contributed by atoms with Crippen molar-refractivity contribution in [3.8, 4) is 0 Å². The van der Waals surface area contributed by atoms with Crippen molar-refractivity contribution in [3.05, 3.63) is 28.8 Å². The van der Waals surface area contributed by atoms with Gasteiger partial charge in [0.2, 0.25) is 0 Å². The highest BCUT2D eigenvalue weighted by atomic mass is 16.1. The van der Waals surface area contributed by atoms with Gasteiger partial charge in [-0.25, -0.2) is 0 Å². The fourth-order valence-electron chi connectivity index (χ4n) is 2.31. The van der Waals surface area contributed by atoms with E-state index in [9.17, 15) is 9.59 Å². The second-order valence-electron chi connectivity index (χ2n) is 4.32. The number of Topliss-reactive ketones (excluding diaryl/α,β-unsaturated/α-hetero) is 2. The van der Waals surface area contributed by atoms with Crippen LogP contribution in [-0.4, -0.2) is 11.6 Å². The molecule has 1 aliphatic rings. The Balaban J connectivity index is 2.53. The summed E-state index contributed by atoms with van der Waals surface area (Å²) in [5.41, 5.74) is 8.99. The van der Waals surface area contributed by atoms with Crippen LogP contribution < -0.4 is 5.73 Å². The Bertz CT molecular complexity index is 463.